The van der Waals surface area contributed by atoms with Crippen molar-refractivity contribution in [2.24, 2.45) is 0 Å². The van der Waals surface area contributed by atoms with Crippen LogP contribution in [-0.2, 0) is 19.9 Å². The highest BCUT2D eigenvalue weighted by molar-refractivity contribution is 7.92. The molecule has 9 heteroatoms. The molecule has 27 heavy (non-hydrogen) atoms. The molecule has 0 saturated carbocycles. The minimum atomic E-state index is -3.83. The number of hydrogen-bond acceptors (Lipinski definition) is 5. The highest BCUT2D eigenvalue weighted by Crippen LogP contribution is 2.29. The maximum absolute atomic E-state index is 12.9. The van der Waals surface area contributed by atoms with Crippen LogP contribution in [0.1, 0.15) is 18.2 Å². The molecule has 1 aliphatic rings. The molecule has 1 N–H and O–H groups in total. The van der Waals surface area contributed by atoms with E-state index in [0.717, 1.165) is 10.8 Å². The Morgan fingerprint density at radius 2 is 1.85 bits per heavy atom. The molecule has 3 aromatic rings. The van der Waals surface area contributed by atoms with E-state index < -0.39 is 19.9 Å². The summed E-state index contributed by atoms with van der Waals surface area (Å²) in [5.74, 6) is 0.342. The Hall–Kier alpha value is -2.39. The fraction of sp³-hybridized carbons (Fsp3) is 0.278. The molecule has 1 fully saturated rings. The molecule has 0 amide bonds. The van der Waals surface area contributed by atoms with Gasteiger partial charge in [-0.1, -0.05) is 30.3 Å². The number of sulfonamides is 1. The third-order valence-corrected chi connectivity index (χ3v) is 7.79. The molecule has 0 aliphatic carbocycles. The molecule has 142 valence electrons. The van der Waals surface area contributed by atoms with Crippen LogP contribution in [0.5, 0.6) is 0 Å². The molecular weight excluding hydrogens is 386 g/mol. The summed E-state index contributed by atoms with van der Waals surface area (Å²) in [4.78, 5) is 0.144. The summed E-state index contributed by atoms with van der Waals surface area (Å²) >= 11 is 0. The van der Waals surface area contributed by atoms with Gasteiger partial charge in [-0.25, -0.2) is 21.5 Å². The van der Waals surface area contributed by atoms with E-state index in [9.17, 15) is 16.8 Å². The zero-order valence-corrected chi connectivity index (χ0v) is 16.3. The summed E-state index contributed by atoms with van der Waals surface area (Å²) in [7, 11) is -6.94. The maximum atomic E-state index is 12.9. The first kappa shape index (κ1) is 18.0. The molecule has 0 bridgehead atoms. The van der Waals surface area contributed by atoms with Gasteiger partial charge in [0.05, 0.1) is 28.1 Å². The predicted octanol–water partition coefficient (Wildman–Crippen LogP) is 2.51. The number of aryl methyl sites for hydroxylation is 1. The summed E-state index contributed by atoms with van der Waals surface area (Å²) < 4.78 is 53.4. The molecule has 1 atom stereocenters. The van der Waals surface area contributed by atoms with E-state index in [2.05, 4.69) is 9.82 Å². The molecule has 7 nitrogen and oxygen atoms in total. The second kappa shape index (κ2) is 6.35. The first-order valence-electron chi connectivity index (χ1n) is 8.52. The topological polar surface area (TPSA) is 98.1 Å². The average molecular weight is 406 g/mol. The SMILES string of the molecule is Cc1cc(NS(=O)(=O)c2ccc3ccccc3c2)n([C@H]2CCS(=O)(=O)C2)n1. The molecule has 1 aliphatic heterocycles. The van der Waals surface area contributed by atoms with Gasteiger partial charge in [0, 0.05) is 6.07 Å². The fourth-order valence-electron chi connectivity index (χ4n) is 3.37. The van der Waals surface area contributed by atoms with Crippen LogP contribution in [0.2, 0.25) is 0 Å². The maximum Gasteiger partial charge on any atom is 0.263 e. The third-order valence-electron chi connectivity index (χ3n) is 4.68. The van der Waals surface area contributed by atoms with Crippen LogP contribution < -0.4 is 4.72 Å². The van der Waals surface area contributed by atoms with Gasteiger partial charge in [0.1, 0.15) is 5.82 Å². The Kier molecular flexibility index (Phi) is 4.23. The number of fused-ring (bicyclic) bond motifs is 1. The zero-order chi connectivity index (χ0) is 19.2. The highest BCUT2D eigenvalue weighted by atomic mass is 32.2. The van der Waals surface area contributed by atoms with Crippen LogP contribution in [0.25, 0.3) is 10.8 Å². The van der Waals surface area contributed by atoms with E-state index in [4.69, 9.17) is 0 Å². The molecule has 2 heterocycles. The van der Waals surface area contributed by atoms with Gasteiger partial charge in [-0.3, -0.25) is 4.72 Å². The number of nitrogens with zero attached hydrogens (tertiary/aromatic N) is 2. The normalized spacial score (nSPS) is 19.4. The molecular formula is C18H19N3O4S2. The molecule has 4 rings (SSSR count). The lowest BCUT2D eigenvalue weighted by Gasteiger charge is -2.15. The summed E-state index contributed by atoms with van der Waals surface area (Å²) in [5.41, 5.74) is 0.621. The van der Waals surface area contributed by atoms with Crippen LogP contribution in [0, 0.1) is 6.92 Å². The summed E-state index contributed by atoms with van der Waals surface area (Å²) in [6.07, 6.45) is 0.425. The Labute approximate surface area is 158 Å². The molecule has 2 aromatic carbocycles. The van der Waals surface area contributed by atoms with Crippen LogP contribution in [0.4, 0.5) is 5.82 Å². The van der Waals surface area contributed by atoms with Crippen LogP contribution in [0.15, 0.2) is 53.4 Å². The Morgan fingerprint density at radius 3 is 2.56 bits per heavy atom. The Bertz CT molecular complexity index is 1230. The highest BCUT2D eigenvalue weighted by Gasteiger charge is 2.32. The van der Waals surface area contributed by atoms with Gasteiger partial charge >= 0.3 is 0 Å². The van der Waals surface area contributed by atoms with Crippen molar-refractivity contribution in [3.05, 3.63) is 54.2 Å². The van der Waals surface area contributed by atoms with Gasteiger partial charge in [0.15, 0.2) is 9.84 Å². The number of nitrogens with one attached hydrogen (secondary N) is 1. The first-order valence-corrected chi connectivity index (χ1v) is 11.8. The minimum Gasteiger partial charge on any atom is -0.264 e. The molecule has 1 saturated heterocycles. The van der Waals surface area contributed by atoms with Crippen molar-refractivity contribution in [1.29, 1.82) is 0 Å². The Morgan fingerprint density at radius 1 is 1.11 bits per heavy atom. The number of rotatable bonds is 4. The number of hydrogen-bond donors (Lipinski definition) is 1. The van der Waals surface area contributed by atoms with Crippen molar-refractivity contribution in [1.82, 2.24) is 9.78 Å². The summed E-state index contributed by atoms with van der Waals surface area (Å²) in [6.45, 7) is 1.74. The third kappa shape index (κ3) is 3.57. The number of aromatic nitrogens is 2. The lowest BCUT2D eigenvalue weighted by molar-refractivity contribution is 0.503. The first-order chi connectivity index (χ1) is 12.7. The average Bonchev–Trinajstić information content (AvgIpc) is 3.15. The molecule has 0 unspecified atom stereocenters. The van der Waals surface area contributed by atoms with Gasteiger partial charge < -0.3 is 0 Å². The van der Waals surface area contributed by atoms with Gasteiger partial charge in [0.25, 0.3) is 10.0 Å². The van der Waals surface area contributed by atoms with E-state index in [-0.39, 0.29) is 28.3 Å². The van der Waals surface area contributed by atoms with Gasteiger partial charge in [-0.15, -0.1) is 0 Å². The standard InChI is InChI=1S/C18H19N3O4S2/c1-13-10-18(21(19-13)16-8-9-26(22,23)12-16)20-27(24,25)17-7-6-14-4-2-3-5-15(14)11-17/h2-7,10-11,16,20H,8-9,12H2,1H3/t16-/m0/s1. The molecule has 0 radical (unpaired) electrons. The lowest BCUT2D eigenvalue weighted by atomic mass is 10.1. The predicted molar refractivity (Wildman–Crippen MR) is 104 cm³/mol. The largest absolute Gasteiger partial charge is 0.264 e. The number of sulfone groups is 1. The van der Waals surface area contributed by atoms with Gasteiger partial charge in [-0.05, 0) is 36.2 Å². The lowest BCUT2D eigenvalue weighted by Crippen LogP contribution is -2.20. The van der Waals surface area contributed by atoms with E-state index >= 15 is 0 Å². The monoisotopic (exact) mass is 405 g/mol. The zero-order valence-electron chi connectivity index (χ0n) is 14.7. The van der Waals surface area contributed by atoms with E-state index in [1.807, 2.05) is 24.3 Å². The second-order valence-electron chi connectivity index (χ2n) is 6.79. The van der Waals surface area contributed by atoms with Crippen molar-refractivity contribution in [2.45, 2.75) is 24.3 Å². The van der Waals surface area contributed by atoms with Crippen LogP contribution in [0.3, 0.4) is 0 Å². The minimum absolute atomic E-state index is 0.0289. The van der Waals surface area contributed by atoms with Crippen LogP contribution in [-0.4, -0.2) is 38.1 Å². The van der Waals surface area contributed by atoms with E-state index in [0.29, 0.717) is 12.1 Å². The van der Waals surface area contributed by atoms with E-state index in [1.165, 1.54) is 4.68 Å². The van der Waals surface area contributed by atoms with Crippen molar-refractivity contribution >= 4 is 36.5 Å². The van der Waals surface area contributed by atoms with Crippen molar-refractivity contribution < 1.29 is 16.8 Å². The Balaban J connectivity index is 1.68. The van der Waals surface area contributed by atoms with Crippen molar-refractivity contribution in [2.75, 3.05) is 16.2 Å². The van der Waals surface area contributed by atoms with Gasteiger partial charge in [0.2, 0.25) is 0 Å². The van der Waals surface area contributed by atoms with E-state index in [1.54, 1.807) is 31.2 Å². The number of benzene rings is 2. The number of anilines is 1. The summed E-state index contributed by atoms with van der Waals surface area (Å²) in [5, 5.41) is 6.09. The smallest absolute Gasteiger partial charge is 0.263 e. The van der Waals surface area contributed by atoms with Crippen molar-refractivity contribution in [3.63, 3.8) is 0 Å². The quantitative estimate of drug-likeness (QED) is 0.719. The fourth-order valence-corrected chi connectivity index (χ4v) is 6.14. The molecule has 0 spiro atoms. The van der Waals surface area contributed by atoms with Crippen LogP contribution >= 0.6 is 0 Å². The molecule has 1 aromatic heterocycles. The second-order valence-corrected chi connectivity index (χ2v) is 10.7. The van der Waals surface area contributed by atoms with Crippen molar-refractivity contribution in [3.8, 4) is 0 Å². The summed E-state index contributed by atoms with van der Waals surface area (Å²) in [6, 6.07) is 13.7. The van der Waals surface area contributed by atoms with Gasteiger partial charge in [-0.2, -0.15) is 5.10 Å².